The zero-order chi connectivity index (χ0) is 30.6. The number of pyridine rings is 1. The number of carbonyl (C=O) groups excluding carboxylic acids is 2. The number of halogens is 4. The number of piperidine rings is 1. The molecule has 4 aromatic rings. The molecule has 1 aliphatic carbocycles. The number of nitrogens with zero attached hydrogens (tertiary/aromatic N) is 6. The maximum atomic E-state index is 14.9. The lowest BCUT2D eigenvalue weighted by Gasteiger charge is -2.21. The molecule has 222 valence electrons. The largest absolute Gasteiger partial charge is 0.318 e. The van der Waals surface area contributed by atoms with Gasteiger partial charge >= 0.3 is 0 Å². The van der Waals surface area contributed by atoms with E-state index >= 15 is 0 Å². The second-order valence-electron chi connectivity index (χ2n) is 10.8. The highest BCUT2D eigenvalue weighted by molar-refractivity contribution is 6.31. The van der Waals surface area contributed by atoms with E-state index in [2.05, 4.69) is 25.4 Å². The number of benzene rings is 1. The Kier molecular flexibility index (Phi) is 7.41. The summed E-state index contributed by atoms with van der Waals surface area (Å²) in [6, 6.07) is 3.79. The minimum atomic E-state index is -3.00. The van der Waals surface area contributed by atoms with Crippen molar-refractivity contribution in [3.63, 3.8) is 0 Å². The van der Waals surface area contributed by atoms with Crippen molar-refractivity contribution < 1.29 is 22.8 Å². The summed E-state index contributed by atoms with van der Waals surface area (Å²) in [4.78, 5) is 40.6. The molecular weight excluding hydrogens is 583 g/mol. The molecule has 13 heteroatoms. The maximum Gasteiger partial charge on any atom is 0.276 e. The van der Waals surface area contributed by atoms with Gasteiger partial charge in [0.2, 0.25) is 5.91 Å². The van der Waals surface area contributed by atoms with Crippen molar-refractivity contribution in [3.05, 3.63) is 81.9 Å². The smallest absolute Gasteiger partial charge is 0.276 e. The van der Waals surface area contributed by atoms with Crippen molar-refractivity contribution in [2.45, 2.75) is 46.1 Å². The van der Waals surface area contributed by atoms with Gasteiger partial charge in [0.25, 0.3) is 12.3 Å². The van der Waals surface area contributed by atoms with Crippen molar-refractivity contribution in [2.75, 3.05) is 16.8 Å². The first kappa shape index (κ1) is 28.8. The molecule has 9 nitrogen and oxygen atoms in total. The van der Waals surface area contributed by atoms with Crippen LogP contribution in [0.5, 0.6) is 0 Å². The molecule has 2 amide bonds. The third-order valence-electron chi connectivity index (χ3n) is 8.01. The Morgan fingerprint density at radius 1 is 1.21 bits per heavy atom. The van der Waals surface area contributed by atoms with Crippen molar-refractivity contribution in [3.8, 4) is 11.3 Å². The van der Waals surface area contributed by atoms with Gasteiger partial charge in [-0.05, 0) is 55.9 Å². The first-order chi connectivity index (χ1) is 20.6. The molecule has 43 heavy (non-hydrogen) atoms. The van der Waals surface area contributed by atoms with Gasteiger partial charge in [0.15, 0.2) is 11.5 Å². The summed E-state index contributed by atoms with van der Waals surface area (Å²) >= 11 is 5.86. The van der Waals surface area contributed by atoms with Gasteiger partial charge in [-0.25, -0.2) is 23.1 Å². The molecule has 0 radical (unpaired) electrons. The fraction of sp³-hybridized carbons (Fsp3) is 0.333. The van der Waals surface area contributed by atoms with Crippen LogP contribution in [0.3, 0.4) is 0 Å². The zero-order valence-corrected chi connectivity index (χ0v) is 24.2. The van der Waals surface area contributed by atoms with E-state index in [1.54, 1.807) is 28.9 Å². The van der Waals surface area contributed by atoms with Crippen LogP contribution in [-0.4, -0.2) is 43.1 Å². The predicted molar refractivity (Wildman–Crippen MR) is 154 cm³/mol. The van der Waals surface area contributed by atoms with Gasteiger partial charge < -0.3 is 5.32 Å². The van der Waals surface area contributed by atoms with Gasteiger partial charge in [-0.2, -0.15) is 5.10 Å². The molecule has 0 bridgehead atoms. The van der Waals surface area contributed by atoms with E-state index in [1.807, 2.05) is 19.9 Å². The maximum absolute atomic E-state index is 14.9. The molecule has 0 spiro atoms. The highest BCUT2D eigenvalue weighted by Gasteiger charge is 2.53. The molecule has 0 unspecified atom stereocenters. The Morgan fingerprint density at radius 2 is 2.00 bits per heavy atom. The van der Waals surface area contributed by atoms with Gasteiger partial charge in [0.05, 0.1) is 40.5 Å². The van der Waals surface area contributed by atoms with Crippen molar-refractivity contribution >= 4 is 34.9 Å². The molecule has 1 aliphatic heterocycles. The van der Waals surface area contributed by atoms with Crippen LogP contribution in [0.2, 0.25) is 5.02 Å². The summed E-state index contributed by atoms with van der Waals surface area (Å²) in [5.74, 6) is -0.319. The molecule has 2 aliphatic rings. The van der Waals surface area contributed by atoms with Crippen LogP contribution in [-0.2, 0) is 11.2 Å². The number of hydrogen-bond acceptors (Lipinski definition) is 6. The SMILES string of the molecule is CCc1ncc(-c2c(C(F)F)ccc(Cl)c2F)nc1C(=O)Nc1cnn([C@@H](C)c2cnc(N3C[C@H]4C[C@H]4C3=O)c(C)c2)c1. The number of nitrogens with one attached hydrogen (secondary N) is 1. The molecule has 3 atom stereocenters. The van der Waals surface area contributed by atoms with Crippen LogP contribution in [0, 0.1) is 24.6 Å². The topological polar surface area (TPSA) is 106 Å². The van der Waals surface area contributed by atoms with E-state index in [4.69, 9.17) is 11.6 Å². The molecule has 1 saturated heterocycles. The molecule has 4 heterocycles. The Bertz CT molecular complexity index is 1760. The van der Waals surface area contributed by atoms with Crippen LogP contribution in [0.4, 0.5) is 24.7 Å². The lowest BCUT2D eigenvalue weighted by molar-refractivity contribution is -0.118. The number of amides is 2. The number of hydrogen-bond donors (Lipinski definition) is 1. The minimum absolute atomic E-state index is 0.134. The monoisotopic (exact) mass is 609 g/mol. The predicted octanol–water partition coefficient (Wildman–Crippen LogP) is 6.18. The van der Waals surface area contributed by atoms with Gasteiger partial charge in [-0.3, -0.25) is 24.2 Å². The van der Waals surface area contributed by atoms with Crippen LogP contribution >= 0.6 is 11.6 Å². The fourth-order valence-corrected chi connectivity index (χ4v) is 5.67. The lowest BCUT2D eigenvalue weighted by atomic mass is 10.0. The van der Waals surface area contributed by atoms with Crippen LogP contribution < -0.4 is 10.2 Å². The first-order valence-electron chi connectivity index (χ1n) is 13.8. The van der Waals surface area contributed by atoms with Crippen LogP contribution in [0.15, 0.2) is 43.0 Å². The first-order valence-corrected chi connectivity index (χ1v) is 14.2. The van der Waals surface area contributed by atoms with E-state index in [9.17, 15) is 22.8 Å². The minimum Gasteiger partial charge on any atom is -0.318 e. The summed E-state index contributed by atoms with van der Waals surface area (Å²) in [7, 11) is 0. The number of rotatable bonds is 8. The highest BCUT2D eigenvalue weighted by atomic mass is 35.5. The third kappa shape index (κ3) is 5.24. The molecule has 1 N–H and O–H groups in total. The summed E-state index contributed by atoms with van der Waals surface area (Å²) in [5.41, 5.74) is 0.930. The average Bonchev–Trinajstić information content (AvgIpc) is 3.49. The fourth-order valence-electron chi connectivity index (χ4n) is 5.51. The molecule has 1 saturated carbocycles. The van der Waals surface area contributed by atoms with Gasteiger partial charge in [0.1, 0.15) is 5.82 Å². The van der Waals surface area contributed by atoms with E-state index in [0.717, 1.165) is 35.9 Å². The molecule has 1 aromatic carbocycles. The van der Waals surface area contributed by atoms with E-state index in [-0.39, 0.29) is 34.3 Å². The van der Waals surface area contributed by atoms with E-state index in [0.29, 0.717) is 36.1 Å². The molecule has 2 fully saturated rings. The molecule has 3 aromatic heterocycles. The van der Waals surface area contributed by atoms with E-state index < -0.39 is 29.3 Å². The summed E-state index contributed by atoms with van der Waals surface area (Å²) in [6.45, 7) is 6.32. The van der Waals surface area contributed by atoms with Crippen molar-refractivity contribution in [1.29, 1.82) is 0 Å². The second-order valence-corrected chi connectivity index (χ2v) is 11.2. The summed E-state index contributed by atoms with van der Waals surface area (Å²) < 4.78 is 43.9. The third-order valence-corrected chi connectivity index (χ3v) is 8.30. The normalized spacial score (nSPS) is 18.2. The Morgan fingerprint density at radius 3 is 2.67 bits per heavy atom. The standard InChI is InChI=1S/C30H27ClF3N7O2/c1-4-22-26(39-23(11-35-22)24-19(27(33)34)5-6-21(31)25(24)32)29(42)38-18-10-37-41(13-18)15(3)16-7-14(2)28(36-9-16)40-12-17-8-20(17)30(40)43/h5-7,9-11,13,15,17,20,27H,4,8,12H2,1-3H3,(H,38,42)/t15-,17+,20+/m0/s1. The van der Waals surface area contributed by atoms with E-state index in [1.165, 1.54) is 6.20 Å². The number of aryl methyl sites for hydroxylation is 2. The molecular formula is C30H27ClF3N7O2. The quantitative estimate of drug-likeness (QED) is 0.256. The van der Waals surface area contributed by atoms with Gasteiger partial charge in [0, 0.05) is 36.0 Å². The van der Waals surface area contributed by atoms with Crippen LogP contribution in [0.25, 0.3) is 11.3 Å². The number of aromatic nitrogens is 5. The van der Waals surface area contributed by atoms with Crippen LogP contribution in [0.1, 0.15) is 65.6 Å². The summed E-state index contributed by atoms with van der Waals surface area (Å²) in [5, 5.41) is 6.75. The van der Waals surface area contributed by atoms with Crippen molar-refractivity contribution in [1.82, 2.24) is 24.7 Å². The number of alkyl halides is 2. The number of fused-ring (bicyclic) bond motifs is 1. The zero-order valence-electron chi connectivity index (χ0n) is 23.5. The van der Waals surface area contributed by atoms with Gasteiger partial charge in [-0.1, -0.05) is 24.6 Å². The Balaban J connectivity index is 1.22. The second kappa shape index (κ2) is 11.1. The number of anilines is 2. The Labute approximate surface area is 250 Å². The average molecular weight is 610 g/mol. The Hall–Kier alpha value is -4.32. The van der Waals surface area contributed by atoms with Gasteiger partial charge in [-0.15, -0.1) is 0 Å². The lowest BCUT2D eigenvalue weighted by Crippen LogP contribution is -2.29. The highest BCUT2D eigenvalue weighted by Crippen LogP contribution is 2.47. The number of carbonyl (C=O) groups is 2. The van der Waals surface area contributed by atoms with Crippen molar-refractivity contribution in [2.24, 2.45) is 11.8 Å². The summed E-state index contributed by atoms with van der Waals surface area (Å²) in [6.07, 6.45) is 4.27. The molecule has 6 rings (SSSR count).